The first-order valence-electron chi connectivity index (χ1n) is 10.5. The molecule has 1 aliphatic rings. The molecular formula is C22H23FN4O6S. The van der Waals surface area contributed by atoms with Crippen molar-refractivity contribution in [3.63, 3.8) is 0 Å². The number of nitrogens with one attached hydrogen (secondary N) is 1. The molecule has 180 valence electrons. The van der Waals surface area contributed by atoms with E-state index in [1.54, 1.807) is 18.7 Å². The van der Waals surface area contributed by atoms with Crippen LogP contribution in [0.5, 0.6) is 5.88 Å². The van der Waals surface area contributed by atoms with Crippen LogP contribution >= 0.6 is 0 Å². The topological polar surface area (TPSA) is 139 Å². The highest BCUT2D eigenvalue weighted by molar-refractivity contribution is 7.89. The van der Waals surface area contributed by atoms with Crippen molar-refractivity contribution in [1.29, 1.82) is 5.26 Å². The van der Waals surface area contributed by atoms with Crippen molar-refractivity contribution >= 4 is 27.7 Å². The number of carbonyl (C=O) groups excluding carboxylic acids is 2. The molecule has 0 unspecified atom stereocenters. The van der Waals surface area contributed by atoms with Crippen molar-refractivity contribution in [3.8, 4) is 11.9 Å². The summed E-state index contributed by atoms with van der Waals surface area (Å²) in [4.78, 5) is 30.6. The van der Waals surface area contributed by atoms with Crippen molar-refractivity contribution in [2.75, 3.05) is 31.2 Å². The number of hydrogen-bond acceptors (Lipinski definition) is 9. The van der Waals surface area contributed by atoms with Gasteiger partial charge in [0.05, 0.1) is 30.4 Å². The molecule has 3 rings (SSSR count). The van der Waals surface area contributed by atoms with Crippen molar-refractivity contribution < 1.29 is 31.9 Å². The molecule has 1 fully saturated rings. The van der Waals surface area contributed by atoms with Gasteiger partial charge < -0.3 is 14.4 Å². The molecule has 0 aliphatic carbocycles. The zero-order chi connectivity index (χ0) is 24.9. The average molecular weight is 491 g/mol. The molecule has 1 aromatic heterocycles. The zero-order valence-electron chi connectivity index (χ0n) is 18.6. The fourth-order valence-corrected chi connectivity index (χ4v) is 4.48. The van der Waals surface area contributed by atoms with Crippen molar-refractivity contribution in [1.82, 2.24) is 9.71 Å². The second kappa shape index (κ2) is 10.5. The summed E-state index contributed by atoms with van der Waals surface area (Å²) in [6.07, 6.45) is 0. The number of ether oxygens (including phenoxy) is 2. The first-order chi connectivity index (χ1) is 16.2. The Morgan fingerprint density at radius 3 is 2.50 bits per heavy atom. The van der Waals surface area contributed by atoms with Gasteiger partial charge in [-0.2, -0.15) is 10.2 Å². The van der Waals surface area contributed by atoms with Crippen molar-refractivity contribution in [3.05, 3.63) is 52.8 Å². The average Bonchev–Trinajstić information content (AvgIpc) is 2.74. The molecule has 2 heterocycles. The summed E-state index contributed by atoms with van der Waals surface area (Å²) in [6.45, 7) is 3.96. The van der Waals surface area contributed by atoms with Gasteiger partial charge >= 0.3 is 5.97 Å². The predicted octanol–water partition coefficient (Wildman–Crippen LogP) is 1.75. The number of nitriles is 1. The van der Waals surface area contributed by atoms with E-state index in [-0.39, 0.29) is 49.1 Å². The van der Waals surface area contributed by atoms with Gasteiger partial charge in [-0.25, -0.2) is 17.6 Å². The molecule has 12 heteroatoms. The van der Waals surface area contributed by atoms with Gasteiger partial charge in [0.2, 0.25) is 21.8 Å². The second-order valence-corrected chi connectivity index (χ2v) is 9.15. The van der Waals surface area contributed by atoms with Gasteiger partial charge in [0, 0.05) is 13.1 Å². The lowest BCUT2D eigenvalue weighted by Crippen LogP contribution is -2.55. The van der Waals surface area contributed by atoms with Gasteiger partial charge in [0.1, 0.15) is 17.4 Å². The molecule has 0 bridgehead atoms. The number of hydrogen-bond donors (Lipinski definition) is 1. The predicted molar refractivity (Wildman–Crippen MR) is 119 cm³/mol. The van der Waals surface area contributed by atoms with Gasteiger partial charge in [-0.1, -0.05) is 12.1 Å². The summed E-state index contributed by atoms with van der Waals surface area (Å²) in [6, 6.07) is 8.23. The fourth-order valence-electron chi connectivity index (χ4n) is 3.30. The van der Waals surface area contributed by atoms with Crippen LogP contribution in [0.3, 0.4) is 0 Å². The van der Waals surface area contributed by atoms with Crippen LogP contribution in [0.4, 0.5) is 10.2 Å². The smallest absolute Gasteiger partial charge is 0.343 e. The maximum Gasteiger partial charge on any atom is 0.343 e. The Balaban J connectivity index is 1.69. The number of halogens is 1. The van der Waals surface area contributed by atoms with E-state index < -0.39 is 39.4 Å². The lowest BCUT2D eigenvalue weighted by atomic mass is 9.98. The van der Waals surface area contributed by atoms with E-state index in [2.05, 4.69) is 4.98 Å². The minimum atomic E-state index is -3.98. The van der Waals surface area contributed by atoms with E-state index in [1.165, 1.54) is 18.2 Å². The normalized spacial score (nSPS) is 13.5. The number of rotatable bonds is 9. The molecule has 1 aliphatic heterocycles. The molecule has 1 N–H and O–H groups in total. The van der Waals surface area contributed by atoms with E-state index in [0.717, 1.165) is 12.1 Å². The number of benzene rings is 1. The van der Waals surface area contributed by atoms with Crippen LogP contribution in [0.15, 0.2) is 30.3 Å². The van der Waals surface area contributed by atoms with Crippen LogP contribution in [0.25, 0.3) is 0 Å². The molecule has 0 saturated carbocycles. The van der Waals surface area contributed by atoms with E-state index in [0.29, 0.717) is 5.56 Å². The highest BCUT2D eigenvalue weighted by Crippen LogP contribution is 2.31. The molecule has 1 amide bonds. The van der Waals surface area contributed by atoms with Gasteiger partial charge in [-0.05, 0) is 37.6 Å². The lowest BCUT2D eigenvalue weighted by molar-refractivity contribution is -0.123. The number of sulfonamides is 1. The second-order valence-electron chi connectivity index (χ2n) is 7.43. The highest BCUT2D eigenvalue weighted by Gasteiger charge is 2.37. The summed E-state index contributed by atoms with van der Waals surface area (Å²) in [5.74, 6) is -2.76. The molecule has 1 aromatic carbocycles. The van der Waals surface area contributed by atoms with Gasteiger partial charge in [0.15, 0.2) is 5.82 Å². The third-order valence-corrected chi connectivity index (χ3v) is 6.17. The lowest BCUT2D eigenvalue weighted by Gasteiger charge is -2.39. The van der Waals surface area contributed by atoms with Crippen LogP contribution in [-0.4, -0.2) is 51.6 Å². The summed E-state index contributed by atoms with van der Waals surface area (Å²) < 4.78 is 50.1. The van der Waals surface area contributed by atoms with E-state index in [1.807, 2.05) is 10.8 Å². The summed E-state index contributed by atoms with van der Waals surface area (Å²) in [7, 11) is -3.98. The monoisotopic (exact) mass is 490 g/mol. The number of anilines is 1. The highest BCUT2D eigenvalue weighted by atomic mass is 32.2. The van der Waals surface area contributed by atoms with Gasteiger partial charge in [-0.3, -0.25) is 9.52 Å². The zero-order valence-corrected chi connectivity index (χ0v) is 19.4. The van der Waals surface area contributed by atoms with Gasteiger partial charge in [-0.15, -0.1) is 0 Å². The Hall–Kier alpha value is -3.72. The molecule has 2 aromatic rings. The first-order valence-corrected chi connectivity index (χ1v) is 12.1. The minimum Gasteiger partial charge on any atom is -0.477 e. The van der Waals surface area contributed by atoms with Crippen LogP contribution in [-0.2, 0) is 25.3 Å². The third kappa shape index (κ3) is 5.79. The minimum absolute atomic E-state index is 0.00438. The summed E-state index contributed by atoms with van der Waals surface area (Å²) in [5.41, 5.74) is 0.449. The summed E-state index contributed by atoms with van der Waals surface area (Å²) in [5, 5.41) is 9.54. The molecule has 1 saturated heterocycles. The van der Waals surface area contributed by atoms with Crippen molar-refractivity contribution in [2.45, 2.75) is 19.6 Å². The van der Waals surface area contributed by atoms with Crippen molar-refractivity contribution in [2.24, 2.45) is 5.92 Å². The number of nitrogens with zero attached hydrogens (tertiary/aromatic N) is 3. The third-order valence-electron chi connectivity index (χ3n) is 4.94. The Labute approximate surface area is 196 Å². The molecule has 34 heavy (non-hydrogen) atoms. The molecule has 0 spiro atoms. The van der Waals surface area contributed by atoms with E-state index in [4.69, 9.17) is 9.47 Å². The largest absolute Gasteiger partial charge is 0.477 e. The van der Waals surface area contributed by atoms with Crippen LogP contribution < -0.4 is 14.4 Å². The van der Waals surface area contributed by atoms with Crippen LogP contribution in [0.2, 0.25) is 0 Å². The van der Waals surface area contributed by atoms with Crippen LogP contribution in [0, 0.1) is 23.1 Å². The fraction of sp³-hybridized carbons (Fsp3) is 0.364. The number of esters is 1. The molecule has 10 nitrogen and oxygen atoms in total. The number of pyridine rings is 1. The van der Waals surface area contributed by atoms with E-state index >= 15 is 0 Å². The van der Waals surface area contributed by atoms with E-state index in [9.17, 15) is 27.7 Å². The maximum atomic E-state index is 13.0. The summed E-state index contributed by atoms with van der Waals surface area (Å²) >= 11 is 0. The number of amides is 1. The Morgan fingerprint density at radius 2 is 1.91 bits per heavy atom. The molecule has 0 radical (unpaired) electrons. The SMILES string of the molecule is CCOC(=O)c1cc(C#N)c(N2CC(C(=O)NS(=O)(=O)Cc3ccc(F)cc3)C2)nc1OCC. The molecule has 0 atom stereocenters. The first kappa shape index (κ1) is 24.9. The standard InChI is InChI=1S/C22H23FN4O6S/c1-3-32-21-18(22(29)33-4-2)9-15(10-24)19(25-21)27-11-16(12-27)20(28)26-34(30,31)13-14-5-7-17(23)8-6-14/h5-9,16H,3-4,11-13H2,1-2H3,(H,26,28). The van der Waals surface area contributed by atoms with Crippen LogP contribution in [0.1, 0.15) is 35.3 Å². The molecular weight excluding hydrogens is 467 g/mol. The van der Waals surface area contributed by atoms with Gasteiger partial charge in [0.25, 0.3) is 0 Å². The maximum absolute atomic E-state index is 13.0. The quantitative estimate of drug-likeness (QED) is 0.521. The Morgan fingerprint density at radius 1 is 1.24 bits per heavy atom. The Bertz CT molecular complexity index is 1220. The number of carbonyl (C=O) groups is 2. The number of aromatic nitrogens is 1. The Kier molecular flexibility index (Phi) is 7.68.